The Kier molecular flexibility index (Phi) is 3.94. The van der Waals surface area contributed by atoms with Crippen LogP contribution >= 0.6 is 23.2 Å². The fourth-order valence-electron chi connectivity index (χ4n) is 0.835. The molecule has 0 aromatic heterocycles. The molecule has 0 unspecified atom stereocenters. The Morgan fingerprint density at radius 2 is 2.00 bits per heavy atom. The Morgan fingerprint density at radius 1 is 1.33 bits per heavy atom. The lowest BCUT2D eigenvalue weighted by molar-refractivity contribution is -0.304. The molecular formula is C9H5Cl2O4-. The van der Waals surface area contributed by atoms with Gasteiger partial charge in [0.25, 0.3) is 0 Å². The van der Waals surface area contributed by atoms with Crippen molar-refractivity contribution in [2.24, 2.45) is 0 Å². The smallest absolute Gasteiger partial charge is 0.316 e. The zero-order valence-corrected chi connectivity index (χ0v) is 8.84. The Morgan fingerprint density at radius 3 is 2.53 bits per heavy atom. The summed E-state index contributed by atoms with van der Waals surface area (Å²) in [6, 6.07) is 4.22. The molecule has 1 aromatic rings. The molecule has 0 spiro atoms. The number of hydrogen-bond donors (Lipinski definition) is 0. The van der Waals surface area contributed by atoms with E-state index in [-0.39, 0.29) is 10.8 Å². The lowest BCUT2D eigenvalue weighted by atomic mass is 10.3. The standard InChI is InChI=1S/C9H6Cl2O4/c10-5-1-2-7(6(11)3-5)15-9(14)4-8(12)13/h1-3H,4H2,(H,12,13)/p-1. The number of carbonyl (C=O) groups excluding carboxylic acids is 2. The molecule has 80 valence electrons. The van der Waals surface area contributed by atoms with Crippen LogP contribution in [-0.2, 0) is 9.59 Å². The third-order valence-corrected chi connectivity index (χ3v) is 1.94. The Bertz CT molecular complexity index is 403. The second kappa shape index (κ2) is 5.00. The molecule has 0 aliphatic rings. The molecule has 15 heavy (non-hydrogen) atoms. The summed E-state index contributed by atoms with van der Waals surface area (Å²) in [5.74, 6) is -2.39. The van der Waals surface area contributed by atoms with Crippen LogP contribution in [0.2, 0.25) is 10.0 Å². The summed E-state index contributed by atoms with van der Waals surface area (Å²) >= 11 is 11.3. The van der Waals surface area contributed by atoms with Crippen LogP contribution in [0.5, 0.6) is 5.75 Å². The van der Waals surface area contributed by atoms with Gasteiger partial charge in [0.2, 0.25) is 0 Å². The molecule has 0 fully saturated rings. The van der Waals surface area contributed by atoms with Crippen molar-refractivity contribution in [2.45, 2.75) is 6.42 Å². The summed E-state index contributed by atoms with van der Waals surface area (Å²) in [4.78, 5) is 21.0. The van der Waals surface area contributed by atoms with Crippen molar-refractivity contribution in [2.75, 3.05) is 0 Å². The number of benzene rings is 1. The summed E-state index contributed by atoms with van der Waals surface area (Å²) < 4.78 is 4.66. The summed E-state index contributed by atoms with van der Waals surface area (Å²) in [6.45, 7) is 0. The van der Waals surface area contributed by atoms with Gasteiger partial charge in [0.15, 0.2) is 0 Å². The molecule has 0 aliphatic carbocycles. The fourth-order valence-corrected chi connectivity index (χ4v) is 1.28. The third kappa shape index (κ3) is 3.77. The zero-order chi connectivity index (χ0) is 11.4. The van der Waals surface area contributed by atoms with Crippen molar-refractivity contribution >= 4 is 35.1 Å². The summed E-state index contributed by atoms with van der Waals surface area (Å²) in [6.07, 6.45) is -0.820. The predicted octanol–water partition coefficient (Wildman–Crippen LogP) is 1.04. The lowest BCUT2D eigenvalue weighted by Gasteiger charge is -2.06. The fraction of sp³-hybridized carbons (Fsp3) is 0.111. The van der Waals surface area contributed by atoms with Crippen molar-refractivity contribution in [3.8, 4) is 5.75 Å². The number of carbonyl (C=O) groups is 2. The van der Waals surface area contributed by atoms with Gasteiger partial charge in [-0.3, -0.25) is 4.79 Å². The summed E-state index contributed by atoms with van der Waals surface area (Å²) in [5, 5.41) is 10.6. The van der Waals surface area contributed by atoms with Crippen molar-refractivity contribution in [3.63, 3.8) is 0 Å². The molecule has 0 saturated heterocycles. The van der Waals surface area contributed by atoms with Crippen LogP contribution in [0.3, 0.4) is 0 Å². The van der Waals surface area contributed by atoms with Crippen molar-refractivity contribution in [3.05, 3.63) is 28.2 Å². The van der Waals surface area contributed by atoms with Gasteiger partial charge < -0.3 is 14.6 Å². The normalized spacial score (nSPS) is 9.73. The van der Waals surface area contributed by atoms with E-state index in [9.17, 15) is 14.7 Å². The van der Waals surface area contributed by atoms with E-state index >= 15 is 0 Å². The predicted molar refractivity (Wildman–Crippen MR) is 51.7 cm³/mol. The molecule has 4 nitrogen and oxygen atoms in total. The molecule has 0 atom stereocenters. The van der Waals surface area contributed by atoms with E-state index in [1.54, 1.807) is 0 Å². The molecule has 0 amide bonds. The highest BCUT2D eigenvalue weighted by Gasteiger charge is 2.08. The maximum atomic E-state index is 10.9. The van der Waals surface area contributed by atoms with Crippen molar-refractivity contribution in [1.29, 1.82) is 0 Å². The minimum atomic E-state index is -1.51. The molecule has 6 heteroatoms. The van der Waals surface area contributed by atoms with Crippen LogP contribution in [0.25, 0.3) is 0 Å². The topological polar surface area (TPSA) is 66.4 Å². The van der Waals surface area contributed by atoms with E-state index in [2.05, 4.69) is 4.74 Å². The number of esters is 1. The molecular weight excluding hydrogens is 243 g/mol. The van der Waals surface area contributed by atoms with Gasteiger partial charge in [-0.05, 0) is 18.2 Å². The van der Waals surface area contributed by atoms with E-state index in [0.29, 0.717) is 5.02 Å². The van der Waals surface area contributed by atoms with Crippen molar-refractivity contribution in [1.82, 2.24) is 0 Å². The average Bonchev–Trinajstić information content (AvgIpc) is 2.08. The number of ether oxygens (including phenoxy) is 1. The van der Waals surface area contributed by atoms with Crippen LogP contribution in [0.15, 0.2) is 18.2 Å². The van der Waals surface area contributed by atoms with Gasteiger partial charge in [0.05, 0.1) is 17.4 Å². The number of rotatable bonds is 3. The maximum Gasteiger partial charge on any atom is 0.316 e. The number of carboxylic acids is 1. The Labute approximate surface area is 95.4 Å². The number of halogens is 2. The molecule has 0 bridgehead atoms. The van der Waals surface area contributed by atoms with Crippen molar-refractivity contribution < 1.29 is 19.4 Å². The summed E-state index contributed by atoms with van der Waals surface area (Å²) in [5.41, 5.74) is 0. The minimum absolute atomic E-state index is 0.0623. The van der Waals surface area contributed by atoms with Gasteiger partial charge in [-0.1, -0.05) is 23.2 Å². The first-order valence-electron chi connectivity index (χ1n) is 3.84. The largest absolute Gasteiger partial charge is 0.550 e. The SMILES string of the molecule is O=C([O-])CC(=O)Oc1ccc(Cl)cc1Cl. The van der Waals surface area contributed by atoms with Crippen LogP contribution in [-0.4, -0.2) is 11.9 Å². The maximum absolute atomic E-state index is 10.9. The Hall–Kier alpha value is -1.26. The second-order valence-corrected chi connectivity index (χ2v) is 3.44. The highest BCUT2D eigenvalue weighted by molar-refractivity contribution is 6.35. The summed E-state index contributed by atoms with van der Waals surface area (Å²) in [7, 11) is 0. The van der Waals surface area contributed by atoms with Gasteiger partial charge in [-0.15, -0.1) is 0 Å². The Balaban J connectivity index is 2.72. The lowest BCUT2D eigenvalue weighted by Crippen LogP contribution is -2.27. The second-order valence-electron chi connectivity index (χ2n) is 2.60. The van der Waals surface area contributed by atoms with Gasteiger partial charge in [-0.2, -0.15) is 0 Å². The molecule has 0 heterocycles. The first-order chi connectivity index (χ1) is 6.99. The minimum Gasteiger partial charge on any atom is -0.550 e. The first kappa shape index (κ1) is 11.8. The van der Waals surface area contributed by atoms with Crippen LogP contribution in [0.1, 0.15) is 6.42 Å². The van der Waals surface area contributed by atoms with Gasteiger partial charge in [-0.25, -0.2) is 0 Å². The van der Waals surface area contributed by atoms with Crippen LogP contribution < -0.4 is 9.84 Å². The van der Waals surface area contributed by atoms with E-state index in [1.807, 2.05) is 0 Å². The average molecular weight is 248 g/mol. The van der Waals surface area contributed by atoms with E-state index in [4.69, 9.17) is 23.2 Å². The number of hydrogen-bond acceptors (Lipinski definition) is 4. The van der Waals surface area contributed by atoms with E-state index in [1.165, 1.54) is 18.2 Å². The van der Waals surface area contributed by atoms with E-state index in [0.717, 1.165) is 0 Å². The van der Waals surface area contributed by atoms with Gasteiger partial charge in [0.1, 0.15) is 5.75 Å². The van der Waals surface area contributed by atoms with Crippen LogP contribution in [0.4, 0.5) is 0 Å². The van der Waals surface area contributed by atoms with E-state index < -0.39 is 18.4 Å². The van der Waals surface area contributed by atoms with Gasteiger partial charge >= 0.3 is 5.97 Å². The molecule has 0 saturated carbocycles. The number of aliphatic carboxylic acids is 1. The highest BCUT2D eigenvalue weighted by Crippen LogP contribution is 2.27. The zero-order valence-electron chi connectivity index (χ0n) is 7.33. The molecule has 1 rings (SSSR count). The van der Waals surface area contributed by atoms with Gasteiger partial charge in [0, 0.05) is 5.02 Å². The molecule has 0 radical (unpaired) electrons. The highest BCUT2D eigenvalue weighted by atomic mass is 35.5. The molecule has 1 aromatic carbocycles. The molecule has 0 aliphatic heterocycles. The third-order valence-electron chi connectivity index (χ3n) is 1.41. The van der Waals surface area contributed by atoms with Crippen LogP contribution in [0, 0.1) is 0 Å². The number of carboxylic acid groups (broad SMARTS) is 1. The quantitative estimate of drug-likeness (QED) is 0.455. The monoisotopic (exact) mass is 247 g/mol. The first-order valence-corrected chi connectivity index (χ1v) is 4.60. The molecule has 0 N–H and O–H groups in total.